The summed E-state index contributed by atoms with van der Waals surface area (Å²) in [4.78, 5) is 22.8. The van der Waals surface area contributed by atoms with Gasteiger partial charge in [0.1, 0.15) is 5.54 Å². The Bertz CT molecular complexity index is 305. The number of hydrogen-bond acceptors (Lipinski definition) is 3. The maximum absolute atomic E-state index is 11.7. The van der Waals surface area contributed by atoms with Gasteiger partial charge in [0.25, 0.3) is 0 Å². The molecule has 1 fully saturated rings. The lowest BCUT2D eigenvalue weighted by molar-refractivity contribution is -0.148. The molecular formula is C11H20N2O3. The van der Waals surface area contributed by atoms with Gasteiger partial charge in [0, 0.05) is 12.0 Å². The molecule has 0 aromatic rings. The van der Waals surface area contributed by atoms with Crippen LogP contribution >= 0.6 is 0 Å². The van der Waals surface area contributed by atoms with Gasteiger partial charge in [-0.15, -0.1) is 0 Å². The third-order valence-corrected chi connectivity index (χ3v) is 2.85. The number of carboxylic acids is 1. The molecule has 1 amide bonds. The van der Waals surface area contributed by atoms with E-state index in [4.69, 9.17) is 10.8 Å². The highest BCUT2D eigenvalue weighted by molar-refractivity contribution is 5.87. The van der Waals surface area contributed by atoms with Crippen molar-refractivity contribution in [2.75, 3.05) is 0 Å². The molecule has 0 bridgehead atoms. The first-order chi connectivity index (χ1) is 7.15. The molecule has 4 N–H and O–H groups in total. The third-order valence-electron chi connectivity index (χ3n) is 2.85. The first kappa shape index (κ1) is 13.0. The zero-order chi connectivity index (χ0) is 12.6. The number of amides is 1. The Labute approximate surface area is 95.4 Å². The average Bonchev–Trinajstić information content (AvgIpc) is 2.80. The summed E-state index contributed by atoms with van der Waals surface area (Å²) in [5, 5.41) is 11.7. The molecule has 1 atom stereocenters. The maximum atomic E-state index is 11.7. The van der Waals surface area contributed by atoms with Crippen LogP contribution in [0.3, 0.4) is 0 Å². The van der Waals surface area contributed by atoms with Gasteiger partial charge in [-0.25, -0.2) is 4.79 Å². The van der Waals surface area contributed by atoms with Crippen LogP contribution in [0.25, 0.3) is 0 Å². The molecule has 0 aromatic heterocycles. The minimum absolute atomic E-state index is 0.0508. The Hall–Kier alpha value is -1.10. The number of aliphatic carboxylic acids is 1. The van der Waals surface area contributed by atoms with Crippen LogP contribution in [0.4, 0.5) is 0 Å². The molecule has 1 aliphatic rings. The number of carbonyl (C=O) groups excluding carboxylic acids is 1. The van der Waals surface area contributed by atoms with Gasteiger partial charge in [-0.05, 0) is 39.5 Å². The van der Waals surface area contributed by atoms with E-state index in [1.165, 1.54) is 0 Å². The second-order valence-electron chi connectivity index (χ2n) is 5.50. The fourth-order valence-electron chi connectivity index (χ4n) is 1.74. The van der Waals surface area contributed by atoms with Crippen LogP contribution in [0.1, 0.15) is 40.0 Å². The highest BCUT2D eigenvalue weighted by Crippen LogP contribution is 2.39. The Kier molecular flexibility index (Phi) is 3.28. The van der Waals surface area contributed by atoms with Crippen molar-refractivity contribution in [1.82, 2.24) is 5.32 Å². The van der Waals surface area contributed by atoms with Gasteiger partial charge >= 0.3 is 5.97 Å². The lowest BCUT2D eigenvalue weighted by Crippen LogP contribution is -2.55. The van der Waals surface area contributed by atoms with Crippen LogP contribution in [-0.2, 0) is 9.59 Å². The fourth-order valence-corrected chi connectivity index (χ4v) is 1.74. The maximum Gasteiger partial charge on any atom is 0.329 e. The molecule has 0 radical (unpaired) electrons. The van der Waals surface area contributed by atoms with Crippen molar-refractivity contribution >= 4 is 11.9 Å². The summed E-state index contributed by atoms with van der Waals surface area (Å²) in [6.45, 7) is 5.04. The van der Waals surface area contributed by atoms with Crippen LogP contribution in [0, 0.1) is 5.92 Å². The molecule has 1 unspecified atom stereocenters. The standard InChI is InChI=1S/C11H20N2O3/c1-10(2,12)6-8(14)13-11(3,9(15)16)7-4-5-7/h7H,4-6,12H2,1-3H3,(H,13,14)(H,15,16). The van der Waals surface area contributed by atoms with E-state index in [0.717, 1.165) is 12.8 Å². The van der Waals surface area contributed by atoms with Crippen LogP contribution in [0.15, 0.2) is 0 Å². The first-order valence-corrected chi connectivity index (χ1v) is 5.48. The molecule has 1 aliphatic carbocycles. The normalized spacial score (nSPS) is 20.0. The monoisotopic (exact) mass is 228 g/mol. The van der Waals surface area contributed by atoms with Gasteiger partial charge in [-0.1, -0.05) is 0 Å². The molecule has 0 saturated heterocycles. The fraction of sp³-hybridized carbons (Fsp3) is 0.818. The average molecular weight is 228 g/mol. The third kappa shape index (κ3) is 3.20. The lowest BCUT2D eigenvalue weighted by Gasteiger charge is -2.28. The summed E-state index contributed by atoms with van der Waals surface area (Å²) in [5.41, 5.74) is 3.96. The molecule has 92 valence electrons. The lowest BCUT2D eigenvalue weighted by atomic mass is 9.94. The van der Waals surface area contributed by atoms with Crippen LogP contribution in [0.2, 0.25) is 0 Å². The number of carboxylic acid groups (broad SMARTS) is 1. The van der Waals surface area contributed by atoms with E-state index in [1.54, 1.807) is 20.8 Å². The van der Waals surface area contributed by atoms with E-state index < -0.39 is 17.0 Å². The number of rotatable bonds is 5. The highest BCUT2D eigenvalue weighted by atomic mass is 16.4. The summed E-state index contributed by atoms with van der Waals surface area (Å²) in [6.07, 6.45) is 1.84. The molecule has 5 nitrogen and oxygen atoms in total. The number of carbonyl (C=O) groups is 2. The van der Waals surface area contributed by atoms with E-state index in [9.17, 15) is 9.59 Å². The quantitative estimate of drug-likeness (QED) is 0.638. The van der Waals surface area contributed by atoms with E-state index in [-0.39, 0.29) is 18.2 Å². The molecule has 16 heavy (non-hydrogen) atoms. The number of nitrogens with two attached hydrogens (primary N) is 1. The predicted octanol–water partition coefficient (Wildman–Crippen LogP) is 0.483. The van der Waals surface area contributed by atoms with Crippen molar-refractivity contribution in [1.29, 1.82) is 0 Å². The number of hydrogen-bond donors (Lipinski definition) is 3. The Morgan fingerprint density at radius 2 is 1.88 bits per heavy atom. The Morgan fingerprint density at radius 1 is 1.38 bits per heavy atom. The van der Waals surface area contributed by atoms with Crippen molar-refractivity contribution in [3.8, 4) is 0 Å². The van der Waals surface area contributed by atoms with E-state index in [1.807, 2.05) is 0 Å². The topological polar surface area (TPSA) is 92.4 Å². The summed E-state index contributed by atoms with van der Waals surface area (Å²) < 4.78 is 0. The van der Waals surface area contributed by atoms with Crippen molar-refractivity contribution < 1.29 is 14.7 Å². The zero-order valence-electron chi connectivity index (χ0n) is 10.0. The van der Waals surface area contributed by atoms with Crippen LogP contribution < -0.4 is 11.1 Å². The zero-order valence-corrected chi connectivity index (χ0v) is 10.0. The molecule has 1 saturated carbocycles. The van der Waals surface area contributed by atoms with E-state index >= 15 is 0 Å². The van der Waals surface area contributed by atoms with Gasteiger partial charge in [-0.3, -0.25) is 4.79 Å². The first-order valence-electron chi connectivity index (χ1n) is 5.48. The summed E-state index contributed by atoms with van der Waals surface area (Å²) >= 11 is 0. The molecule has 0 heterocycles. The smallest absolute Gasteiger partial charge is 0.329 e. The summed E-state index contributed by atoms with van der Waals surface area (Å²) in [7, 11) is 0. The van der Waals surface area contributed by atoms with Crippen LogP contribution in [-0.4, -0.2) is 28.1 Å². The molecular weight excluding hydrogens is 208 g/mol. The molecule has 5 heteroatoms. The summed E-state index contributed by atoms with van der Waals surface area (Å²) in [6, 6.07) is 0. The van der Waals surface area contributed by atoms with Gasteiger partial charge in [-0.2, -0.15) is 0 Å². The van der Waals surface area contributed by atoms with Gasteiger partial charge in [0.2, 0.25) is 5.91 Å². The van der Waals surface area contributed by atoms with Crippen molar-refractivity contribution in [3.63, 3.8) is 0 Å². The summed E-state index contributed by atoms with van der Waals surface area (Å²) in [5.74, 6) is -1.22. The van der Waals surface area contributed by atoms with Crippen molar-refractivity contribution in [2.24, 2.45) is 11.7 Å². The Morgan fingerprint density at radius 3 is 2.19 bits per heavy atom. The van der Waals surface area contributed by atoms with Crippen molar-refractivity contribution in [2.45, 2.75) is 51.1 Å². The SMILES string of the molecule is CC(C)(N)CC(=O)NC(C)(C(=O)O)C1CC1. The predicted molar refractivity (Wildman–Crippen MR) is 59.8 cm³/mol. The Balaban J connectivity index is 2.63. The minimum Gasteiger partial charge on any atom is -0.480 e. The van der Waals surface area contributed by atoms with Crippen molar-refractivity contribution in [3.05, 3.63) is 0 Å². The number of nitrogens with one attached hydrogen (secondary N) is 1. The molecule has 0 aliphatic heterocycles. The van der Waals surface area contributed by atoms with Gasteiger partial charge < -0.3 is 16.2 Å². The van der Waals surface area contributed by atoms with E-state index in [0.29, 0.717) is 0 Å². The van der Waals surface area contributed by atoms with Gasteiger partial charge in [0.15, 0.2) is 0 Å². The van der Waals surface area contributed by atoms with Crippen LogP contribution in [0.5, 0.6) is 0 Å². The molecule has 0 spiro atoms. The largest absolute Gasteiger partial charge is 0.480 e. The second-order valence-corrected chi connectivity index (χ2v) is 5.50. The highest BCUT2D eigenvalue weighted by Gasteiger charge is 2.48. The van der Waals surface area contributed by atoms with E-state index in [2.05, 4.69) is 5.32 Å². The van der Waals surface area contributed by atoms with Gasteiger partial charge in [0.05, 0.1) is 0 Å². The second kappa shape index (κ2) is 4.05. The molecule has 1 rings (SSSR count). The molecule has 0 aromatic carbocycles. The minimum atomic E-state index is -1.14.